The Kier molecular flexibility index (Phi) is 11.5. The normalized spacial score (nSPS) is 21.2. The zero-order valence-corrected chi connectivity index (χ0v) is 23.8. The summed E-state index contributed by atoms with van der Waals surface area (Å²) in [4.78, 5) is 14.4. The van der Waals surface area contributed by atoms with Crippen molar-refractivity contribution >= 4 is 29.9 Å². The Morgan fingerprint density at radius 3 is 1.95 bits per heavy atom. The lowest BCUT2D eigenvalue weighted by atomic mass is 9.97. The van der Waals surface area contributed by atoms with E-state index in [2.05, 4.69) is 11.4 Å². The van der Waals surface area contributed by atoms with Crippen LogP contribution < -0.4 is 4.67 Å². The molecule has 210 valence electrons. The van der Waals surface area contributed by atoms with Gasteiger partial charge in [0, 0.05) is 18.2 Å². The summed E-state index contributed by atoms with van der Waals surface area (Å²) >= 11 is 1.45. The Labute approximate surface area is 240 Å². The molecule has 7 nitrogen and oxygen atoms in total. The van der Waals surface area contributed by atoms with Crippen LogP contribution in [0.25, 0.3) is 0 Å². The van der Waals surface area contributed by atoms with Crippen LogP contribution >= 0.6 is 11.8 Å². The molecule has 1 saturated heterocycles. The molecule has 5 atom stereocenters. The Morgan fingerprint density at radius 1 is 0.925 bits per heavy atom. The topological polar surface area (TPSA) is 71.3 Å². The van der Waals surface area contributed by atoms with Gasteiger partial charge >= 0.3 is 5.17 Å². The summed E-state index contributed by atoms with van der Waals surface area (Å²) in [5.74, 6) is 0. The zero-order chi connectivity index (χ0) is 28.2. The molecule has 1 aliphatic rings. The van der Waals surface area contributed by atoms with Crippen LogP contribution in [0.15, 0.2) is 91.0 Å². The minimum atomic E-state index is -0.869. The molecule has 3 aromatic rings. The molecule has 3 aromatic carbocycles. The number of aldehydes is 1. The number of nitrogens with zero attached hydrogens (tertiary/aromatic N) is 2. The number of hydrogen-bond acceptors (Lipinski definition) is 6. The minimum Gasteiger partial charge on any atom is -0.371 e. The van der Waals surface area contributed by atoms with E-state index >= 15 is 0 Å². The largest absolute Gasteiger partial charge is 0.407 e. The van der Waals surface area contributed by atoms with Gasteiger partial charge in [-0.25, -0.2) is 9.57 Å². The van der Waals surface area contributed by atoms with E-state index in [4.69, 9.17) is 18.9 Å². The van der Waals surface area contributed by atoms with Crippen molar-refractivity contribution in [2.24, 2.45) is 0 Å². The first-order chi connectivity index (χ1) is 19.6. The lowest BCUT2D eigenvalue weighted by molar-refractivity contribution is -0.218. The van der Waals surface area contributed by atoms with E-state index in [1.54, 1.807) is 0 Å². The second-order valence-corrected chi connectivity index (χ2v) is 10.8. The fraction of sp³-hybridized carbons (Fsp3) is 0.344. The molecule has 0 spiro atoms. The van der Waals surface area contributed by atoms with Crippen molar-refractivity contribution in [1.29, 1.82) is 0 Å². The first-order valence-electron chi connectivity index (χ1n) is 13.3. The highest BCUT2D eigenvalue weighted by atomic mass is 32.2. The Balaban J connectivity index is 1.60. The highest BCUT2D eigenvalue weighted by molar-refractivity contribution is 8.14. The van der Waals surface area contributed by atoms with E-state index in [0.29, 0.717) is 24.8 Å². The lowest BCUT2D eigenvalue weighted by Crippen LogP contribution is -2.56. The third kappa shape index (κ3) is 8.63. The van der Waals surface area contributed by atoms with Gasteiger partial charge in [0.15, 0.2) is 13.0 Å². The summed E-state index contributed by atoms with van der Waals surface area (Å²) < 4.78 is 29.9. The highest BCUT2D eigenvalue weighted by Crippen LogP contribution is 2.34. The first-order valence-corrected chi connectivity index (χ1v) is 14.2. The van der Waals surface area contributed by atoms with E-state index in [1.165, 1.54) is 11.8 Å². The number of carbonyl (C=O) groups is 1. The fourth-order valence-corrected chi connectivity index (χ4v) is 5.46. The van der Waals surface area contributed by atoms with Crippen LogP contribution in [-0.2, 0) is 43.6 Å². The van der Waals surface area contributed by atoms with Gasteiger partial charge in [-0.1, -0.05) is 91.0 Å². The molecule has 0 aliphatic carbocycles. The number of carbonyl (C=O) groups excluding carboxylic acids is 1. The van der Waals surface area contributed by atoms with Crippen molar-refractivity contribution in [3.05, 3.63) is 108 Å². The number of benzene rings is 3. The number of rotatable bonds is 12. The van der Waals surface area contributed by atoms with Crippen molar-refractivity contribution in [2.75, 3.05) is 14.1 Å². The molecule has 1 fully saturated rings. The average Bonchev–Trinajstić information content (AvgIpc) is 3.00. The molecule has 0 aromatic heterocycles. The van der Waals surface area contributed by atoms with Gasteiger partial charge in [0.05, 0.1) is 40.0 Å². The van der Waals surface area contributed by atoms with Gasteiger partial charge in [-0.3, -0.25) is 0 Å². The second-order valence-electron chi connectivity index (χ2n) is 9.71. The van der Waals surface area contributed by atoms with Gasteiger partial charge in [-0.05, 0) is 16.7 Å². The van der Waals surface area contributed by atoms with E-state index in [-0.39, 0.29) is 18.1 Å². The predicted molar refractivity (Wildman–Crippen MR) is 160 cm³/mol. The van der Waals surface area contributed by atoms with Crippen molar-refractivity contribution in [2.45, 2.75) is 56.1 Å². The van der Waals surface area contributed by atoms with Gasteiger partial charge in [0.1, 0.15) is 23.7 Å². The molecule has 1 heterocycles. The van der Waals surface area contributed by atoms with Gasteiger partial charge in [-0.15, -0.1) is 0 Å². The van der Waals surface area contributed by atoms with Crippen LogP contribution in [0.1, 0.15) is 23.1 Å². The van der Waals surface area contributed by atoms with Crippen molar-refractivity contribution < 1.29 is 23.7 Å². The maximum atomic E-state index is 12.5. The van der Waals surface area contributed by atoms with Crippen LogP contribution in [0.5, 0.6) is 0 Å². The van der Waals surface area contributed by atoms with Gasteiger partial charge in [-0.2, -0.15) is 0 Å². The van der Waals surface area contributed by atoms with Crippen LogP contribution in [0.3, 0.4) is 0 Å². The maximum absolute atomic E-state index is 12.5. The molecular formula is C32H37N2O5S+. The van der Waals surface area contributed by atoms with Crippen LogP contribution in [0.4, 0.5) is 0 Å². The second kappa shape index (κ2) is 15.5. The smallest absolute Gasteiger partial charge is 0.371 e. The van der Waals surface area contributed by atoms with Crippen molar-refractivity contribution in [3.8, 4) is 0 Å². The molecule has 0 N–H and O–H groups in total. The molecule has 0 bridgehead atoms. The maximum Gasteiger partial charge on any atom is 0.407 e. The molecule has 1 aliphatic heterocycles. The molecule has 0 amide bonds. The zero-order valence-electron chi connectivity index (χ0n) is 23.0. The van der Waals surface area contributed by atoms with Crippen molar-refractivity contribution in [1.82, 2.24) is 9.57 Å². The standard InChI is InChI=1S/C32H37N2O5S/c1-33-32(34(2)3)40-29-19-27(36-21-24-13-7-4-8-14-24)30(38-23-26-17-11-6-12-18-26)31(39-29)28(20-35)37-22-25-15-9-5-10-16-25/h4-18,20,27-31H,1,19,21-23H2,2-3H3/q+1. The predicted octanol–water partition coefficient (Wildman–Crippen LogP) is 4.48. The highest BCUT2D eigenvalue weighted by Gasteiger charge is 2.46. The SMILES string of the molecule is C=[N+]=C(SC1CC(OCc2ccccc2)C(OCc2ccccc2)C(C(C=O)OCc2ccccc2)O1)N(C)C. The summed E-state index contributed by atoms with van der Waals surface area (Å²) in [6.45, 7) is 4.74. The molecule has 5 unspecified atom stereocenters. The molecule has 40 heavy (non-hydrogen) atoms. The molecule has 0 radical (unpaired) electrons. The Bertz CT molecular complexity index is 1220. The molecular weight excluding hydrogens is 524 g/mol. The number of ether oxygens (including phenoxy) is 4. The summed E-state index contributed by atoms with van der Waals surface area (Å²) in [6.07, 6.45) is -1.15. The van der Waals surface area contributed by atoms with Crippen LogP contribution in [0, 0.1) is 0 Å². The quantitative estimate of drug-likeness (QED) is 0.140. The summed E-state index contributed by atoms with van der Waals surface area (Å²) in [7, 11) is 3.81. The van der Waals surface area contributed by atoms with Crippen molar-refractivity contribution in [3.63, 3.8) is 0 Å². The van der Waals surface area contributed by atoms with Crippen LogP contribution in [-0.4, -0.2) is 67.0 Å². The first kappa shape index (κ1) is 29.7. The minimum absolute atomic E-state index is 0.270. The monoisotopic (exact) mass is 561 g/mol. The molecule has 4 rings (SSSR count). The number of amidine groups is 1. The summed E-state index contributed by atoms with van der Waals surface area (Å²) in [5.41, 5.74) is 2.69. The lowest BCUT2D eigenvalue weighted by Gasteiger charge is -2.42. The third-order valence-electron chi connectivity index (χ3n) is 6.51. The Hall–Kier alpha value is -3.23. The van der Waals surface area contributed by atoms with E-state index in [0.717, 1.165) is 23.0 Å². The van der Waals surface area contributed by atoms with Crippen LogP contribution in [0.2, 0.25) is 0 Å². The fourth-order valence-electron chi connectivity index (χ4n) is 4.47. The number of hydrogen-bond donors (Lipinski definition) is 0. The third-order valence-corrected chi connectivity index (χ3v) is 7.79. The summed E-state index contributed by atoms with van der Waals surface area (Å²) in [6, 6.07) is 29.7. The number of thioether (sulfide) groups is 1. The molecule has 8 heteroatoms. The van der Waals surface area contributed by atoms with Gasteiger partial charge < -0.3 is 23.7 Å². The van der Waals surface area contributed by atoms with E-state index in [1.807, 2.05) is 110 Å². The Morgan fingerprint density at radius 2 is 1.45 bits per heavy atom. The molecule has 0 saturated carbocycles. The van der Waals surface area contributed by atoms with Gasteiger partial charge in [0.25, 0.3) is 0 Å². The summed E-state index contributed by atoms with van der Waals surface area (Å²) in [5, 5.41) is 0.710. The van der Waals surface area contributed by atoms with E-state index < -0.39 is 18.3 Å². The van der Waals surface area contributed by atoms with Gasteiger partial charge in [0.2, 0.25) is 0 Å². The average molecular weight is 562 g/mol. The van der Waals surface area contributed by atoms with E-state index in [9.17, 15) is 4.79 Å².